The molecule has 1 saturated heterocycles. The van der Waals surface area contributed by atoms with Crippen LogP contribution in [0.15, 0.2) is 24.3 Å². The third-order valence-corrected chi connectivity index (χ3v) is 3.23. The van der Waals surface area contributed by atoms with Gasteiger partial charge in [0.15, 0.2) is 0 Å². The van der Waals surface area contributed by atoms with Gasteiger partial charge in [0, 0.05) is 32.2 Å². The first-order valence-corrected chi connectivity index (χ1v) is 5.76. The molecule has 0 aromatic heterocycles. The molecule has 1 aliphatic heterocycles. The van der Waals surface area contributed by atoms with Crippen molar-refractivity contribution < 1.29 is 0 Å². The van der Waals surface area contributed by atoms with E-state index in [1.165, 1.54) is 0 Å². The van der Waals surface area contributed by atoms with Crippen molar-refractivity contribution in [2.24, 2.45) is 0 Å². The average Bonchev–Trinajstić information content (AvgIpc) is 2.39. The molecule has 16 heavy (non-hydrogen) atoms. The summed E-state index contributed by atoms with van der Waals surface area (Å²) in [5.41, 5.74) is 1.94. The molecule has 0 amide bonds. The summed E-state index contributed by atoms with van der Waals surface area (Å²) in [6, 6.07) is 10.5. The monoisotopic (exact) mass is 215 g/mol. The fourth-order valence-electron chi connectivity index (χ4n) is 2.23. The first-order valence-electron chi connectivity index (χ1n) is 5.76. The Hall–Kier alpha value is -1.37. The number of piperazine rings is 1. The maximum atomic E-state index is 9.08. The predicted octanol–water partition coefficient (Wildman–Crippen LogP) is 1.52. The summed E-state index contributed by atoms with van der Waals surface area (Å²) in [6.45, 7) is 6.38. The number of nitriles is 1. The van der Waals surface area contributed by atoms with Gasteiger partial charge in [-0.05, 0) is 18.6 Å². The maximum Gasteiger partial charge on any atom is 0.0995 e. The Morgan fingerprint density at radius 3 is 2.69 bits per heavy atom. The second kappa shape index (κ2) is 5.11. The Bertz CT molecular complexity index is 388. The molecule has 1 N–H and O–H groups in total. The van der Waals surface area contributed by atoms with Gasteiger partial charge >= 0.3 is 0 Å². The van der Waals surface area contributed by atoms with Crippen molar-refractivity contribution in [1.82, 2.24) is 10.2 Å². The van der Waals surface area contributed by atoms with Gasteiger partial charge in [0.1, 0.15) is 0 Å². The molecule has 1 heterocycles. The zero-order valence-corrected chi connectivity index (χ0v) is 9.61. The molecule has 1 atom stereocenters. The van der Waals surface area contributed by atoms with E-state index in [9.17, 15) is 0 Å². The van der Waals surface area contributed by atoms with Crippen molar-refractivity contribution in [2.75, 3.05) is 26.2 Å². The van der Waals surface area contributed by atoms with Crippen LogP contribution in [-0.4, -0.2) is 31.1 Å². The molecule has 0 aliphatic carbocycles. The Labute approximate surface area is 96.7 Å². The minimum Gasteiger partial charge on any atom is -0.314 e. The fourth-order valence-corrected chi connectivity index (χ4v) is 2.23. The first kappa shape index (κ1) is 11.1. The number of rotatable bonds is 2. The summed E-state index contributed by atoms with van der Waals surface area (Å²) in [4.78, 5) is 2.42. The van der Waals surface area contributed by atoms with Crippen LogP contribution in [-0.2, 0) is 0 Å². The van der Waals surface area contributed by atoms with Crippen LogP contribution in [0.2, 0.25) is 0 Å². The average molecular weight is 215 g/mol. The SMILES string of the molecule is C[C@H](c1ccccc1C#N)N1CCNCC1. The standard InChI is InChI=1S/C13H17N3/c1-11(16-8-6-15-7-9-16)13-5-3-2-4-12(13)10-14/h2-5,11,15H,6-9H2,1H3/t11-/m1/s1. The molecule has 0 unspecified atom stereocenters. The molecule has 0 saturated carbocycles. The largest absolute Gasteiger partial charge is 0.314 e. The van der Waals surface area contributed by atoms with E-state index in [0.29, 0.717) is 6.04 Å². The summed E-state index contributed by atoms with van der Waals surface area (Å²) in [7, 11) is 0. The molecule has 3 heteroatoms. The smallest absolute Gasteiger partial charge is 0.0995 e. The number of nitrogens with one attached hydrogen (secondary N) is 1. The predicted molar refractivity (Wildman–Crippen MR) is 64.0 cm³/mol. The van der Waals surface area contributed by atoms with Gasteiger partial charge in [-0.3, -0.25) is 4.90 Å². The lowest BCUT2D eigenvalue weighted by Gasteiger charge is -2.33. The van der Waals surface area contributed by atoms with Crippen LogP contribution < -0.4 is 5.32 Å². The van der Waals surface area contributed by atoms with Crippen molar-refractivity contribution in [3.05, 3.63) is 35.4 Å². The van der Waals surface area contributed by atoms with E-state index in [1.54, 1.807) is 0 Å². The molecular formula is C13H17N3. The summed E-state index contributed by atoms with van der Waals surface area (Å²) in [5.74, 6) is 0. The minimum absolute atomic E-state index is 0.331. The highest BCUT2D eigenvalue weighted by molar-refractivity contribution is 5.39. The van der Waals surface area contributed by atoms with Gasteiger partial charge < -0.3 is 5.32 Å². The number of benzene rings is 1. The highest BCUT2D eigenvalue weighted by Gasteiger charge is 2.19. The highest BCUT2D eigenvalue weighted by atomic mass is 15.2. The van der Waals surface area contributed by atoms with E-state index < -0.39 is 0 Å². The summed E-state index contributed by atoms with van der Waals surface area (Å²) >= 11 is 0. The molecule has 1 aliphatic rings. The lowest BCUT2D eigenvalue weighted by molar-refractivity contribution is 0.185. The second-order valence-electron chi connectivity index (χ2n) is 4.16. The van der Waals surface area contributed by atoms with Crippen molar-refractivity contribution in [3.63, 3.8) is 0 Å². The van der Waals surface area contributed by atoms with Crippen LogP contribution in [0.4, 0.5) is 0 Å². The fraction of sp³-hybridized carbons (Fsp3) is 0.462. The van der Waals surface area contributed by atoms with Crippen molar-refractivity contribution in [1.29, 1.82) is 5.26 Å². The van der Waals surface area contributed by atoms with Crippen LogP contribution >= 0.6 is 0 Å². The Morgan fingerprint density at radius 1 is 1.31 bits per heavy atom. The van der Waals surface area contributed by atoms with Crippen LogP contribution in [0.1, 0.15) is 24.1 Å². The number of nitrogens with zero attached hydrogens (tertiary/aromatic N) is 2. The van der Waals surface area contributed by atoms with Crippen LogP contribution in [0.25, 0.3) is 0 Å². The molecule has 1 fully saturated rings. The zero-order valence-electron chi connectivity index (χ0n) is 9.61. The van der Waals surface area contributed by atoms with Crippen LogP contribution in [0.3, 0.4) is 0 Å². The Kier molecular flexibility index (Phi) is 3.55. The van der Waals surface area contributed by atoms with Crippen molar-refractivity contribution in [2.45, 2.75) is 13.0 Å². The molecule has 84 valence electrons. The zero-order chi connectivity index (χ0) is 11.4. The second-order valence-corrected chi connectivity index (χ2v) is 4.16. The quantitative estimate of drug-likeness (QED) is 0.813. The topological polar surface area (TPSA) is 39.1 Å². The van der Waals surface area contributed by atoms with Gasteiger partial charge in [-0.15, -0.1) is 0 Å². The van der Waals surface area contributed by atoms with Crippen molar-refractivity contribution >= 4 is 0 Å². The highest BCUT2D eigenvalue weighted by Crippen LogP contribution is 2.23. The van der Waals surface area contributed by atoms with Crippen molar-refractivity contribution in [3.8, 4) is 6.07 Å². The lowest BCUT2D eigenvalue weighted by atomic mass is 10.0. The van der Waals surface area contributed by atoms with Gasteiger partial charge in [-0.25, -0.2) is 0 Å². The van der Waals surface area contributed by atoms with Crippen LogP contribution in [0, 0.1) is 11.3 Å². The van der Waals surface area contributed by atoms with E-state index >= 15 is 0 Å². The van der Waals surface area contributed by atoms with E-state index in [0.717, 1.165) is 37.3 Å². The van der Waals surface area contributed by atoms with Crippen LogP contribution in [0.5, 0.6) is 0 Å². The third-order valence-electron chi connectivity index (χ3n) is 3.23. The summed E-state index contributed by atoms with van der Waals surface area (Å²) < 4.78 is 0. The summed E-state index contributed by atoms with van der Waals surface area (Å²) in [6.07, 6.45) is 0. The molecule has 1 aromatic rings. The molecule has 3 nitrogen and oxygen atoms in total. The third kappa shape index (κ3) is 2.24. The van der Waals surface area contributed by atoms with E-state index in [1.807, 2.05) is 18.2 Å². The van der Waals surface area contributed by atoms with Gasteiger partial charge in [0.05, 0.1) is 11.6 Å². The van der Waals surface area contributed by atoms with E-state index in [4.69, 9.17) is 5.26 Å². The summed E-state index contributed by atoms with van der Waals surface area (Å²) in [5, 5.41) is 12.4. The Morgan fingerprint density at radius 2 is 2.00 bits per heavy atom. The molecule has 1 aromatic carbocycles. The van der Waals surface area contributed by atoms with Gasteiger partial charge in [0.25, 0.3) is 0 Å². The molecule has 2 rings (SSSR count). The van der Waals surface area contributed by atoms with E-state index in [-0.39, 0.29) is 0 Å². The molecule has 0 bridgehead atoms. The number of hydrogen-bond acceptors (Lipinski definition) is 3. The maximum absolute atomic E-state index is 9.08. The minimum atomic E-state index is 0.331. The normalized spacial score (nSPS) is 19.0. The molecular weight excluding hydrogens is 198 g/mol. The number of hydrogen-bond donors (Lipinski definition) is 1. The van der Waals surface area contributed by atoms with E-state index in [2.05, 4.69) is 29.3 Å². The first-order chi connectivity index (χ1) is 7.83. The van der Waals surface area contributed by atoms with Gasteiger partial charge in [0.2, 0.25) is 0 Å². The molecule has 0 spiro atoms. The molecule has 0 radical (unpaired) electrons. The van der Waals surface area contributed by atoms with Gasteiger partial charge in [-0.1, -0.05) is 18.2 Å². The lowest BCUT2D eigenvalue weighted by Crippen LogP contribution is -2.44. The Balaban J connectivity index is 2.19. The van der Waals surface area contributed by atoms with Gasteiger partial charge in [-0.2, -0.15) is 5.26 Å².